The van der Waals surface area contributed by atoms with Crippen LogP contribution in [0.1, 0.15) is 22.5 Å². The number of aryl methyl sites for hydroxylation is 1. The van der Waals surface area contributed by atoms with Gasteiger partial charge in [-0.3, -0.25) is 9.78 Å². The Morgan fingerprint density at radius 1 is 1.25 bits per heavy atom. The Hall–Kier alpha value is -2.50. The van der Waals surface area contributed by atoms with Crippen LogP contribution in [0.5, 0.6) is 11.8 Å². The third-order valence-electron chi connectivity index (χ3n) is 2.75. The highest BCUT2D eigenvalue weighted by atomic mass is 16.5. The Morgan fingerprint density at radius 3 is 2.75 bits per heavy atom. The van der Waals surface area contributed by atoms with E-state index in [-0.39, 0.29) is 17.4 Å². The highest BCUT2D eigenvalue weighted by molar-refractivity contribution is 5.96. The van der Waals surface area contributed by atoms with Crippen LogP contribution in [0.2, 0.25) is 0 Å². The molecule has 0 atom stereocenters. The van der Waals surface area contributed by atoms with E-state index in [1.165, 1.54) is 20.4 Å². The molecule has 104 valence electrons. The van der Waals surface area contributed by atoms with Crippen molar-refractivity contribution in [2.75, 3.05) is 14.2 Å². The van der Waals surface area contributed by atoms with E-state index < -0.39 is 0 Å². The van der Waals surface area contributed by atoms with Gasteiger partial charge in [-0.15, -0.1) is 0 Å². The van der Waals surface area contributed by atoms with E-state index in [9.17, 15) is 4.79 Å². The monoisotopic (exact) mass is 273 g/mol. The molecule has 2 aromatic heterocycles. The van der Waals surface area contributed by atoms with Crippen LogP contribution in [0.15, 0.2) is 30.7 Å². The van der Waals surface area contributed by atoms with E-state index in [0.717, 1.165) is 5.56 Å². The number of ketones is 1. The normalized spacial score (nSPS) is 10.1. The van der Waals surface area contributed by atoms with Crippen molar-refractivity contribution in [1.82, 2.24) is 15.0 Å². The summed E-state index contributed by atoms with van der Waals surface area (Å²) in [6.45, 7) is 0. The molecule has 0 radical (unpaired) electrons. The van der Waals surface area contributed by atoms with Crippen LogP contribution in [0, 0.1) is 0 Å². The van der Waals surface area contributed by atoms with Gasteiger partial charge in [-0.1, -0.05) is 6.07 Å². The van der Waals surface area contributed by atoms with Crippen molar-refractivity contribution >= 4 is 5.78 Å². The molecule has 0 amide bonds. The minimum Gasteiger partial charge on any atom is -0.480 e. The van der Waals surface area contributed by atoms with Crippen LogP contribution in [0.3, 0.4) is 0 Å². The molecule has 0 saturated heterocycles. The molecule has 0 aliphatic rings. The Morgan fingerprint density at radius 2 is 2.10 bits per heavy atom. The van der Waals surface area contributed by atoms with Gasteiger partial charge >= 0.3 is 0 Å². The average molecular weight is 273 g/mol. The molecule has 0 aromatic carbocycles. The van der Waals surface area contributed by atoms with Crippen molar-refractivity contribution in [3.05, 3.63) is 42.0 Å². The number of ether oxygens (including phenoxy) is 2. The number of aromatic nitrogens is 3. The highest BCUT2D eigenvalue weighted by Crippen LogP contribution is 2.18. The summed E-state index contributed by atoms with van der Waals surface area (Å²) >= 11 is 0. The Kier molecular flexibility index (Phi) is 4.60. The molecule has 0 aliphatic heterocycles. The first kappa shape index (κ1) is 13.9. The quantitative estimate of drug-likeness (QED) is 0.746. The number of hydrogen-bond acceptors (Lipinski definition) is 6. The molecule has 20 heavy (non-hydrogen) atoms. The zero-order valence-electron chi connectivity index (χ0n) is 11.4. The molecule has 0 bridgehead atoms. The van der Waals surface area contributed by atoms with Gasteiger partial charge in [0.25, 0.3) is 0 Å². The van der Waals surface area contributed by atoms with Crippen LogP contribution < -0.4 is 9.47 Å². The Balaban J connectivity index is 2.09. The van der Waals surface area contributed by atoms with Gasteiger partial charge in [-0.05, 0) is 18.1 Å². The lowest BCUT2D eigenvalue weighted by molar-refractivity contribution is 0.0973. The van der Waals surface area contributed by atoms with Crippen LogP contribution in [-0.4, -0.2) is 35.0 Å². The lowest BCUT2D eigenvalue weighted by atomic mass is 10.1. The lowest BCUT2D eigenvalue weighted by Gasteiger charge is -2.07. The third-order valence-corrected chi connectivity index (χ3v) is 2.75. The van der Waals surface area contributed by atoms with Gasteiger partial charge in [0.15, 0.2) is 11.5 Å². The number of methoxy groups -OCH3 is 2. The maximum absolute atomic E-state index is 12.2. The van der Waals surface area contributed by atoms with Gasteiger partial charge < -0.3 is 9.47 Å². The van der Waals surface area contributed by atoms with Crippen molar-refractivity contribution in [2.45, 2.75) is 12.8 Å². The SMILES string of the molecule is COc1cnc(C(=O)CCc2cccnc2)c(OC)n1. The second kappa shape index (κ2) is 6.60. The van der Waals surface area contributed by atoms with E-state index in [2.05, 4.69) is 15.0 Å². The first-order valence-electron chi connectivity index (χ1n) is 6.11. The number of rotatable bonds is 6. The zero-order chi connectivity index (χ0) is 14.4. The first-order valence-corrected chi connectivity index (χ1v) is 6.11. The van der Waals surface area contributed by atoms with Crippen LogP contribution in [0.4, 0.5) is 0 Å². The van der Waals surface area contributed by atoms with E-state index >= 15 is 0 Å². The van der Waals surface area contributed by atoms with Crippen LogP contribution in [0.25, 0.3) is 0 Å². The number of hydrogen-bond donors (Lipinski definition) is 0. The fourth-order valence-corrected chi connectivity index (χ4v) is 1.71. The van der Waals surface area contributed by atoms with E-state index in [4.69, 9.17) is 9.47 Å². The predicted molar refractivity (Wildman–Crippen MR) is 72.0 cm³/mol. The van der Waals surface area contributed by atoms with Crippen LogP contribution in [-0.2, 0) is 6.42 Å². The summed E-state index contributed by atoms with van der Waals surface area (Å²) in [6, 6.07) is 3.77. The van der Waals surface area contributed by atoms with Gasteiger partial charge in [-0.25, -0.2) is 4.98 Å². The second-order valence-electron chi connectivity index (χ2n) is 4.05. The summed E-state index contributed by atoms with van der Waals surface area (Å²) in [5.74, 6) is 0.368. The molecule has 6 heteroatoms. The molecule has 2 aromatic rings. The number of Topliss-reactive ketones (excluding diaryl/α,β-unsaturated/α-hetero) is 1. The third kappa shape index (κ3) is 3.28. The first-order chi connectivity index (χ1) is 9.74. The van der Waals surface area contributed by atoms with Crippen molar-refractivity contribution in [3.8, 4) is 11.8 Å². The molecular formula is C14H15N3O3. The average Bonchev–Trinajstić information content (AvgIpc) is 2.52. The van der Waals surface area contributed by atoms with E-state index in [1.54, 1.807) is 12.4 Å². The van der Waals surface area contributed by atoms with Crippen molar-refractivity contribution in [3.63, 3.8) is 0 Å². The lowest BCUT2D eigenvalue weighted by Crippen LogP contribution is -2.08. The largest absolute Gasteiger partial charge is 0.480 e. The maximum Gasteiger partial charge on any atom is 0.246 e. The Labute approximate surface area is 116 Å². The molecule has 0 saturated carbocycles. The molecule has 6 nitrogen and oxygen atoms in total. The molecular weight excluding hydrogens is 258 g/mol. The van der Waals surface area contributed by atoms with E-state index in [0.29, 0.717) is 18.7 Å². The predicted octanol–water partition coefficient (Wildman–Crippen LogP) is 1.70. The molecule has 2 heterocycles. The summed E-state index contributed by atoms with van der Waals surface area (Å²) < 4.78 is 10.0. The summed E-state index contributed by atoms with van der Waals surface area (Å²) in [5, 5.41) is 0. The molecule has 0 aliphatic carbocycles. The number of carbonyl (C=O) groups excluding carboxylic acids is 1. The maximum atomic E-state index is 12.2. The van der Waals surface area contributed by atoms with E-state index in [1.807, 2.05) is 12.1 Å². The minimum atomic E-state index is -0.124. The van der Waals surface area contributed by atoms with Gasteiger partial charge in [0.1, 0.15) is 0 Å². The minimum absolute atomic E-state index is 0.124. The summed E-state index contributed by atoms with van der Waals surface area (Å²) in [6.07, 6.45) is 5.76. The standard InChI is InChI=1S/C14H15N3O3/c1-19-12-9-16-13(14(17-12)20-2)11(18)6-5-10-4-3-7-15-8-10/h3-4,7-9H,5-6H2,1-2H3. The molecule has 0 spiro atoms. The van der Waals surface area contributed by atoms with Gasteiger partial charge in [0.2, 0.25) is 11.8 Å². The number of pyridine rings is 1. The highest BCUT2D eigenvalue weighted by Gasteiger charge is 2.16. The zero-order valence-corrected chi connectivity index (χ0v) is 11.4. The molecule has 2 rings (SSSR count). The summed E-state index contributed by atoms with van der Waals surface area (Å²) in [5.41, 5.74) is 1.22. The Bertz CT molecular complexity index is 587. The molecule has 0 unspecified atom stereocenters. The summed E-state index contributed by atoms with van der Waals surface area (Å²) in [7, 11) is 2.93. The summed E-state index contributed by atoms with van der Waals surface area (Å²) in [4.78, 5) is 24.3. The fourth-order valence-electron chi connectivity index (χ4n) is 1.71. The topological polar surface area (TPSA) is 74.2 Å². The second-order valence-corrected chi connectivity index (χ2v) is 4.05. The van der Waals surface area contributed by atoms with Crippen LogP contribution >= 0.6 is 0 Å². The van der Waals surface area contributed by atoms with Gasteiger partial charge in [0, 0.05) is 18.8 Å². The van der Waals surface area contributed by atoms with Gasteiger partial charge in [0.05, 0.1) is 20.4 Å². The fraction of sp³-hybridized carbons (Fsp3) is 0.286. The number of nitrogens with zero attached hydrogens (tertiary/aromatic N) is 3. The molecule has 0 fully saturated rings. The smallest absolute Gasteiger partial charge is 0.246 e. The van der Waals surface area contributed by atoms with Crippen molar-refractivity contribution in [2.24, 2.45) is 0 Å². The molecule has 0 N–H and O–H groups in total. The van der Waals surface area contributed by atoms with Crippen molar-refractivity contribution < 1.29 is 14.3 Å². The number of carbonyl (C=O) groups is 1. The van der Waals surface area contributed by atoms with Gasteiger partial charge in [-0.2, -0.15) is 4.98 Å². The van der Waals surface area contributed by atoms with Crippen molar-refractivity contribution in [1.29, 1.82) is 0 Å².